The number of carbonyl (C=O) groups is 2. The Bertz CT molecular complexity index is 1440. The van der Waals surface area contributed by atoms with E-state index in [1.54, 1.807) is 49.6 Å². The Morgan fingerprint density at radius 1 is 1.05 bits per heavy atom. The smallest absolute Gasteiger partial charge is 0.326 e. The molecular formula is C25H31N7O4S. The molecule has 4 rings (SSSR count). The molecule has 0 aliphatic carbocycles. The quantitative estimate of drug-likeness (QED) is 0.258. The van der Waals surface area contributed by atoms with Crippen LogP contribution in [0, 0.1) is 12.3 Å². The van der Waals surface area contributed by atoms with Crippen molar-refractivity contribution in [3.63, 3.8) is 0 Å². The topological polar surface area (TPSA) is 147 Å². The highest BCUT2D eigenvalue weighted by Gasteiger charge is 2.22. The van der Waals surface area contributed by atoms with Crippen LogP contribution in [0.2, 0.25) is 0 Å². The number of hydrogen-bond acceptors (Lipinski definition) is 8. The highest BCUT2D eigenvalue weighted by atomic mass is 32.1. The molecule has 0 saturated carbocycles. The molecule has 0 saturated heterocycles. The van der Waals surface area contributed by atoms with Crippen LogP contribution in [0.15, 0.2) is 34.9 Å². The minimum atomic E-state index is -1.06. The fourth-order valence-corrected chi connectivity index (χ4v) is 4.52. The van der Waals surface area contributed by atoms with Crippen molar-refractivity contribution >= 4 is 50.9 Å². The maximum atomic E-state index is 12.8. The lowest BCUT2D eigenvalue weighted by molar-refractivity contribution is -0.117. The third-order valence-electron chi connectivity index (χ3n) is 5.07. The number of carbonyl (C=O) groups excluding carboxylic acids is 2. The molecule has 0 radical (unpaired) electrons. The van der Waals surface area contributed by atoms with Crippen LogP contribution in [0.5, 0.6) is 0 Å². The van der Waals surface area contributed by atoms with Crippen LogP contribution in [0.3, 0.4) is 0 Å². The molecule has 4 N–H and O–H groups in total. The molecule has 3 heterocycles. The predicted molar refractivity (Wildman–Crippen MR) is 144 cm³/mol. The van der Waals surface area contributed by atoms with E-state index in [2.05, 4.69) is 31.1 Å². The number of imidazole rings is 1. The summed E-state index contributed by atoms with van der Waals surface area (Å²) in [6.45, 7) is 11.3. The van der Waals surface area contributed by atoms with Gasteiger partial charge in [-0.25, -0.2) is 9.78 Å². The number of aromatic nitrogens is 4. The lowest BCUT2D eigenvalue weighted by Crippen LogP contribution is -2.28. The van der Waals surface area contributed by atoms with Gasteiger partial charge in [0.2, 0.25) is 11.9 Å². The maximum Gasteiger partial charge on any atom is 0.326 e. The number of thiophene rings is 1. The van der Waals surface area contributed by atoms with Gasteiger partial charge in [-0.15, -0.1) is 11.3 Å². The standard InChI is InChI=1S/C25H31N7O4S/c1-14-26-21(36-31-14)18-9-10-20(37-18)29-23(34)30-22-28-16-11-15(27-19(33)12-24(2,3)4)7-8-17(16)32(22)13-25(5,6)35/h7-11,35H,12-13H2,1-6H3,(H,27,33)(H2,28,29,30,34). The molecule has 0 spiro atoms. The fraction of sp³-hybridized carbons (Fsp3) is 0.400. The summed E-state index contributed by atoms with van der Waals surface area (Å²) in [5.74, 6) is 1.08. The summed E-state index contributed by atoms with van der Waals surface area (Å²) in [4.78, 5) is 34.7. The van der Waals surface area contributed by atoms with E-state index in [0.29, 0.717) is 39.9 Å². The molecule has 0 fully saturated rings. The highest BCUT2D eigenvalue weighted by Crippen LogP contribution is 2.31. The summed E-state index contributed by atoms with van der Waals surface area (Å²) in [5, 5.41) is 23.3. The number of hydrogen-bond donors (Lipinski definition) is 4. The zero-order valence-electron chi connectivity index (χ0n) is 21.7. The molecule has 196 valence electrons. The number of urea groups is 1. The summed E-state index contributed by atoms with van der Waals surface area (Å²) < 4.78 is 6.91. The second-order valence-corrected chi connectivity index (χ2v) is 11.8. The van der Waals surface area contributed by atoms with Crippen molar-refractivity contribution < 1.29 is 19.2 Å². The highest BCUT2D eigenvalue weighted by molar-refractivity contribution is 7.19. The number of benzene rings is 1. The number of nitrogens with one attached hydrogen (secondary N) is 3. The molecule has 12 heteroatoms. The van der Waals surface area contributed by atoms with Gasteiger partial charge in [-0.1, -0.05) is 25.9 Å². The van der Waals surface area contributed by atoms with Crippen LogP contribution in [0.1, 0.15) is 46.9 Å². The number of anilines is 3. The summed E-state index contributed by atoms with van der Waals surface area (Å²) in [5.41, 5.74) is 0.675. The molecule has 37 heavy (non-hydrogen) atoms. The van der Waals surface area contributed by atoms with E-state index in [4.69, 9.17) is 4.52 Å². The SMILES string of the molecule is Cc1noc(-c2ccc(NC(=O)Nc3nc4cc(NC(=O)CC(C)(C)C)ccc4n3CC(C)(C)O)s2)n1. The van der Waals surface area contributed by atoms with Crippen molar-refractivity contribution in [1.82, 2.24) is 19.7 Å². The van der Waals surface area contributed by atoms with Crippen molar-refractivity contribution in [3.05, 3.63) is 36.2 Å². The lowest BCUT2D eigenvalue weighted by Gasteiger charge is -2.20. The van der Waals surface area contributed by atoms with Crippen LogP contribution in [-0.4, -0.2) is 42.3 Å². The van der Waals surface area contributed by atoms with Gasteiger partial charge in [0, 0.05) is 12.1 Å². The van der Waals surface area contributed by atoms with Gasteiger partial charge in [-0.05, 0) is 56.5 Å². The van der Waals surface area contributed by atoms with Crippen molar-refractivity contribution in [3.8, 4) is 10.8 Å². The average molecular weight is 526 g/mol. The Morgan fingerprint density at radius 3 is 2.46 bits per heavy atom. The Morgan fingerprint density at radius 2 is 1.81 bits per heavy atom. The van der Waals surface area contributed by atoms with E-state index >= 15 is 0 Å². The van der Waals surface area contributed by atoms with Gasteiger partial charge in [-0.3, -0.25) is 15.4 Å². The van der Waals surface area contributed by atoms with E-state index in [0.717, 1.165) is 4.88 Å². The molecule has 0 aliphatic heterocycles. The molecule has 4 aromatic rings. The van der Waals surface area contributed by atoms with Crippen molar-refractivity contribution in [1.29, 1.82) is 0 Å². The van der Waals surface area contributed by atoms with Gasteiger partial charge in [0.25, 0.3) is 5.89 Å². The first-order chi connectivity index (χ1) is 17.3. The molecule has 1 aromatic carbocycles. The average Bonchev–Trinajstić information content (AvgIpc) is 3.45. The molecule has 0 unspecified atom stereocenters. The maximum absolute atomic E-state index is 12.8. The normalized spacial score (nSPS) is 12.1. The van der Waals surface area contributed by atoms with Gasteiger partial charge in [0.15, 0.2) is 5.82 Å². The zero-order valence-corrected chi connectivity index (χ0v) is 22.5. The molecule has 11 nitrogen and oxygen atoms in total. The van der Waals surface area contributed by atoms with Crippen LogP contribution >= 0.6 is 11.3 Å². The Labute approximate surface area is 218 Å². The first kappa shape index (κ1) is 26.3. The van der Waals surface area contributed by atoms with Crippen LogP contribution in [-0.2, 0) is 11.3 Å². The number of rotatable bonds is 7. The minimum absolute atomic E-state index is 0.0912. The molecule has 0 bridgehead atoms. The lowest BCUT2D eigenvalue weighted by atomic mass is 9.92. The monoisotopic (exact) mass is 525 g/mol. The van der Waals surface area contributed by atoms with Gasteiger partial charge < -0.3 is 19.5 Å². The molecule has 0 aliphatic rings. The third-order valence-corrected chi connectivity index (χ3v) is 6.06. The van der Waals surface area contributed by atoms with Crippen LogP contribution in [0.4, 0.5) is 21.4 Å². The summed E-state index contributed by atoms with van der Waals surface area (Å²) in [7, 11) is 0. The van der Waals surface area contributed by atoms with E-state index in [-0.39, 0.29) is 23.8 Å². The van der Waals surface area contributed by atoms with Gasteiger partial charge in [0.05, 0.1) is 33.1 Å². The van der Waals surface area contributed by atoms with E-state index in [9.17, 15) is 14.7 Å². The zero-order chi connectivity index (χ0) is 27.0. The van der Waals surface area contributed by atoms with Gasteiger partial charge in [0.1, 0.15) is 0 Å². The second-order valence-electron chi connectivity index (χ2n) is 10.7. The van der Waals surface area contributed by atoms with Gasteiger partial charge >= 0.3 is 6.03 Å². The molecular weight excluding hydrogens is 494 g/mol. The van der Waals surface area contributed by atoms with Crippen molar-refractivity contribution in [2.45, 2.75) is 60.1 Å². The Hall–Kier alpha value is -3.77. The summed E-state index contributed by atoms with van der Waals surface area (Å²) in [6, 6.07) is 8.36. The number of aryl methyl sites for hydroxylation is 1. The van der Waals surface area contributed by atoms with Crippen LogP contribution < -0.4 is 16.0 Å². The molecule has 3 amide bonds. The van der Waals surface area contributed by atoms with Gasteiger partial charge in [-0.2, -0.15) is 4.98 Å². The van der Waals surface area contributed by atoms with E-state index in [1.165, 1.54) is 11.3 Å². The fourth-order valence-electron chi connectivity index (χ4n) is 3.70. The second kappa shape index (κ2) is 9.94. The number of nitrogens with zero attached hydrogens (tertiary/aromatic N) is 4. The van der Waals surface area contributed by atoms with E-state index < -0.39 is 11.6 Å². The van der Waals surface area contributed by atoms with Crippen LogP contribution in [0.25, 0.3) is 21.8 Å². The first-order valence-electron chi connectivity index (χ1n) is 11.8. The number of aliphatic hydroxyl groups is 1. The summed E-state index contributed by atoms with van der Waals surface area (Å²) >= 11 is 1.29. The predicted octanol–water partition coefficient (Wildman–Crippen LogP) is 5.25. The Kier molecular flexibility index (Phi) is 7.07. The minimum Gasteiger partial charge on any atom is -0.389 e. The third kappa shape index (κ3) is 6.92. The first-order valence-corrected chi connectivity index (χ1v) is 12.6. The Balaban J connectivity index is 1.54. The number of amides is 3. The largest absolute Gasteiger partial charge is 0.389 e. The van der Waals surface area contributed by atoms with E-state index in [1.807, 2.05) is 26.8 Å². The van der Waals surface area contributed by atoms with Crippen molar-refractivity contribution in [2.24, 2.45) is 5.41 Å². The summed E-state index contributed by atoms with van der Waals surface area (Å²) in [6.07, 6.45) is 0.377. The molecule has 0 atom stereocenters. The number of fused-ring (bicyclic) bond motifs is 1. The molecule has 3 aromatic heterocycles. The van der Waals surface area contributed by atoms with Crippen molar-refractivity contribution in [2.75, 3.05) is 16.0 Å².